The van der Waals surface area contributed by atoms with Gasteiger partial charge in [-0.3, -0.25) is 5.43 Å². The average Bonchev–Trinajstić information content (AvgIpc) is 2.15. The maximum atomic E-state index is 5.27. The fourth-order valence-corrected chi connectivity index (χ4v) is 1.49. The van der Waals surface area contributed by atoms with E-state index in [-0.39, 0.29) is 0 Å². The number of nitrogens with zero attached hydrogens (tertiary/aromatic N) is 1. The smallest absolute Gasteiger partial charge is 0.0472 e. The fraction of sp³-hybridized carbons (Fsp3) is 0.667. The van der Waals surface area contributed by atoms with Crippen LogP contribution in [0.5, 0.6) is 0 Å². The van der Waals surface area contributed by atoms with Gasteiger partial charge < -0.3 is 4.74 Å². The van der Waals surface area contributed by atoms with Crippen LogP contribution in [0.3, 0.4) is 0 Å². The van der Waals surface area contributed by atoms with Crippen LogP contribution in [0.2, 0.25) is 0 Å². The van der Waals surface area contributed by atoms with E-state index in [1.54, 1.807) is 0 Å². The van der Waals surface area contributed by atoms with Crippen molar-refractivity contribution in [2.24, 2.45) is 11.0 Å². The maximum Gasteiger partial charge on any atom is 0.0472 e. The van der Waals surface area contributed by atoms with E-state index in [1.807, 2.05) is 6.92 Å². The van der Waals surface area contributed by atoms with Crippen LogP contribution in [0.25, 0.3) is 0 Å². The van der Waals surface area contributed by atoms with Crippen LogP contribution >= 0.6 is 0 Å². The zero-order valence-corrected chi connectivity index (χ0v) is 7.55. The Balaban J connectivity index is 2.46. The molecule has 0 aromatic heterocycles. The standard InChI is InChI=1S/C9H16N2O/c1-3-9(11-10-2)8-4-6-12-7-5-8/h3,8,11H,2,4-7H2,1H3/b9-3-. The van der Waals surface area contributed by atoms with E-state index < -0.39 is 0 Å². The predicted molar refractivity (Wildman–Crippen MR) is 50.0 cm³/mol. The lowest BCUT2D eigenvalue weighted by molar-refractivity contribution is 0.0741. The van der Waals surface area contributed by atoms with E-state index in [4.69, 9.17) is 4.74 Å². The number of nitrogens with one attached hydrogen (secondary N) is 1. The zero-order chi connectivity index (χ0) is 8.81. The first-order valence-electron chi connectivity index (χ1n) is 4.34. The monoisotopic (exact) mass is 168 g/mol. The van der Waals surface area contributed by atoms with Gasteiger partial charge in [0.15, 0.2) is 0 Å². The molecule has 0 atom stereocenters. The molecule has 0 amide bonds. The highest BCUT2D eigenvalue weighted by atomic mass is 16.5. The number of ether oxygens (including phenoxy) is 1. The molecule has 0 radical (unpaired) electrons. The molecule has 1 rings (SSSR count). The molecule has 68 valence electrons. The average molecular weight is 168 g/mol. The highest BCUT2D eigenvalue weighted by Gasteiger charge is 2.16. The lowest BCUT2D eigenvalue weighted by atomic mass is 9.96. The van der Waals surface area contributed by atoms with Gasteiger partial charge in [-0.15, -0.1) is 0 Å². The van der Waals surface area contributed by atoms with Crippen molar-refractivity contribution in [3.8, 4) is 0 Å². The third kappa shape index (κ3) is 2.34. The first kappa shape index (κ1) is 9.26. The molecule has 1 aliphatic rings. The summed E-state index contributed by atoms with van der Waals surface area (Å²) in [5, 5.41) is 3.67. The van der Waals surface area contributed by atoms with Crippen molar-refractivity contribution < 1.29 is 4.74 Å². The van der Waals surface area contributed by atoms with Crippen LogP contribution in [0.4, 0.5) is 0 Å². The number of hydrogen-bond acceptors (Lipinski definition) is 3. The number of hydrogen-bond donors (Lipinski definition) is 1. The summed E-state index contributed by atoms with van der Waals surface area (Å²) in [4.78, 5) is 0. The molecule has 0 unspecified atom stereocenters. The summed E-state index contributed by atoms with van der Waals surface area (Å²) < 4.78 is 5.27. The van der Waals surface area contributed by atoms with Crippen molar-refractivity contribution in [3.05, 3.63) is 11.8 Å². The third-order valence-corrected chi connectivity index (χ3v) is 2.18. The molecule has 0 aromatic rings. The van der Waals surface area contributed by atoms with Crippen LogP contribution < -0.4 is 5.43 Å². The van der Waals surface area contributed by atoms with Gasteiger partial charge in [-0.1, -0.05) is 6.08 Å². The second-order valence-corrected chi connectivity index (χ2v) is 2.90. The summed E-state index contributed by atoms with van der Waals surface area (Å²) in [5.74, 6) is 0.578. The van der Waals surface area contributed by atoms with Crippen LogP contribution in [0, 0.1) is 5.92 Å². The Morgan fingerprint density at radius 2 is 2.25 bits per heavy atom. The first-order chi connectivity index (χ1) is 5.88. The van der Waals surface area contributed by atoms with Gasteiger partial charge in [-0.05, 0) is 19.8 Å². The fourth-order valence-electron chi connectivity index (χ4n) is 1.49. The van der Waals surface area contributed by atoms with Crippen molar-refractivity contribution in [3.63, 3.8) is 0 Å². The first-order valence-corrected chi connectivity index (χ1v) is 4.34. The lowest BCUT2D eigenvalue weighted by Gasteiger charge is -2.23. The summed E-state index contributed by atoms with van der Waals surface area (Å²) in [7, 11) is 0. The van der Waals surface area contributed by atoms with Gasteiger partial charge in [-0.2, -0.15) is 5.10 Å². The van der Waals surface area contributed by atoms with Crippen LogP contribution in [0.15, 0.2) is 16.9 Å². The van der Waals surface area contributed by atoms with Crippen molar-refractivity contribution in [1.29, 1.82) is 0 Å². The molecule has 1 aliphatic heterocycles. The summed E-state index contributed by atoms with van der Waals surface area (Å²) in [5.41, 5.74) is 4.10. The summed E-state index contributed by atoms with van der Waals surface area (Å²) >= 11 is 0. The normalized spacial score (nSPS) is 20.6. The second kappa shape index (κ2) is 4.93. The van der Waals surface area contributed by atoms with E-state index in [2.05, 4.69) is 23.3 Å². The Bertz CT molecular complexity index is 171. The molecule has 3 nitrogen and oxygen atoms in total. The summed E-state index contributed by atoms with van der Waals surface area (Å²) in [6, 6.07) is 0. The Morgan fingerprint density at radius 3 is 2.75 bits per heavy atom. The largest absolute Gasteiger partial charge is 0.381 e. The van der Waals surface area contributed by atoms with Crippen molar-refractivity contribution in [1.82, 2.24) is 5.43 Å². The molecule has 0 aromatic carbocycles. The summed E-state index contributed by atoms with van der Waals surface area (Å²) in [6.45, 7) is 7.15. The van der Waals surface area contributed by atoms with Crippen molar-refractivity contribution >= 4 is 6.72 Å². The topological polar surface area (TPSA) is 33.6 Å². The molecule has 1 N–H and O–H groups in total. The van der Waals surface area contributed by atoms with Crippen molar-refractivity contribution in [2.75, 3.05) is 13.2 Å². The van der Waals surface area contributed by atoms with Gasteiger partial charge in [0.25, 0.3) is 0 Å². The van der Waals surface area contributed by atoms with Crippen LogP contribution in [0.1, 0.15) is 19.8 Å². The minimum Gasteiger partial charge on any atom is -0.381 e. The second-order valence-electron chi connectivity index (χ2n) is 2.90. The molecule has 0 spiro atoms. The quantitative estimate of drug-likeness (QED) is 0.512. The van der Waals surface area contributed by atoms with Gasteiger partial charge >= 0.3 is 0 Å². The molecule has 0 bridgehead atoms. The number of allylic oxidation sites excluding steroid dienone is 2. The molecule has 1 fully saturated rings. The maximum absolute atomic E-state index is 5.27. The van der Waals surface area contributed by atoms with Gasteiger partial charge in [0.2, 0.25) is 0 Å². The Hall–Kier alpha value is -0.830. The molecule has 0 aliphatic carbocycles. The highest BCUT2D eigenvalue weighted by molar-refractivity contribution is 5.23. The zero-order valence-electron chi connectivity index (χ0n) is 7.55. The number of hydrazone groups is 1. The molecule has 0 saturated carbocycles. The SMILES string of the molecule is C=NN/C(=C\C)C1CCOCC1. The van der Waals surface area contributed by atoms with Gasteiger partial charge in [-0.25, -0.2) is 0 Å². The minimum atomic E-state index is 0.578. The Kier molecular flexibility index (Phi) is 3.80. The van der Waals surface area contributed by atoms with Gasteiger partial charge in [0.1, 0.15) is 0 Å². The summed E-state index contributed by atoms with van der Waals surface area (Å²) in [6.07, 6.45) is 4.23. The molecule has 1 saturated heterocycles. The molecular weight excluding hydrogens is 152 g/mol. The van der Waals surface area contributed by atoms with Crippen molar-refractivity contribution in [2.45, 2.75) is 19.8 Å². The highest BCUT2D eigenvalue weighted by Crippen LogP contribution is 2.21. The van der Waals surface area contributed by atoms with E-state index in [0.29, 0.717) is 5.92 Å². The van der Waals surface area contributed by atoms with E-state index in [9.17, 15) is 0 Å². The molecule has 3 heteroatoms. The molecule has 12 heavy (non-hydrogen) atoms. The molecular formula is C9H16N2O. The van der Waals surface area contributed by atoms with E-state index in [1.165, 1.54) is 5.70 Å². The number of rotatable bonds is 3. The third-order valence-electron chi connectivity index (χ3n) is 2.18. The van der Waals surface area contributed by atoms with E-state index >= 15 is 0 Å². The van der Waals surface area contributed by atoms with Gasteiger partial charge in [0.05, 0.1) is 0 Å². The van der Waals surface area contributed by atoms with E-state index in [0.717, 1.165) is 26.1 Å². The van der Waals surface area contributed by atoms with Crippen LogP contribution in [-0.2, 0) is 4.74 Å². The van der Waals surface area contributed by atoms with Gasteiger partial charge in [0, 0.05) is 31.5 Å². The van der Waals surface area contributed by atoms with Crippen LogP contribution in [-0.4, -0.2) is 19.9 Å². The Labute approximate surface area is 73.5 Å². The lowest BCUT2D eigenvalue weighted by Crippen LogP contribution is -2.22. The predicted octanol–water partition coefficient (Wildman–Crippen LogP) is 1.52. The minimum absolute atomic E-state index is 0.578. The Morgan fingerprint density at radius 1 is 1.58 bits per heavy atom. The molecule has 1 heterocycles.